The van der Waals surface area contributed by atoms with Crippen LogP contribution in [0.5, 0.6) is 0 Å². The molecule has 2 saturated heterocycles. The van der Waals surface area contributed by atoms with Gasteiger partial charge in [-0.15, -0.1) is 0 Å². The highest BCUT2D eigenvalue weighted by Crippen LogP contribution is 2.32. The zero-order valence-corrected chi connectivity index (χ0v) is 12.4. The lowest BCUT2D eigenvalue weighted by molar-refractivity contribution is 0.0825. The Kier molecular flexibility index (Phi) is 3.07. The van der Waals surface area contributed by atoms with E-state index >= 15 is 0 Å². The maximum Gasteiger partial charge on any atom is 0.166 e. The van der Waals surface area contributed by atoms with Gasteiger partial charge in [0.2, 0.25) is 0 Å². The number of fused-ring (bicyclic) bond motifs is 3. The van der Waals surface area contributed by atoms with Crippen LogP contribution in [0.25, 0.3) is 10.9 Å². The Morgan fingerprint density at radius 1 is 1.29 bits per heavy atom. The van der Waals surface area contributed by atoms with E-state index in [9.17, 15) is 4.79 Å². The van der Waals surface area contributed by atoms with Crippen LogP contribution in [0.2, 0.25) is 0 Å². The van der Waals surface area contributed by atoms with Crippen LogP contribution >= 0.6 is 0 Å². The van der Waals surface area contributed by atoms with Gasteiger partial charge in [-0.3, -0.25) is 9.48 Å². The molecule has 0 aliphatic carbocycles. The van der Waals surface area contributed by atoms with E-state index in [4.69, 9.17) is 0 Å². The normalized spacial score (nSPS) is 28.7. The van der Waals surface area contributed by atoms with Crippen molar-refractivity contribution >= 4 is 16.7 Å². The Morgan fingerprint density at radius 3 is 2.81 bits per heavy atom. The first-order valence-corrected chi connectivity index (χ1v) is 7.93. The predicted octanol–water partition coefficient (Wildman–Crippen LogP) is 2.68. The highest BCUT2D eigenvalue weighted by molar-refractivity contribution is 6.00. The summed E-state index contributed by atoms with van der Waals surface area (Å²) in [7, 11) is 1.91. The van der Waals surface area contributed by atoms with Crippen LogP contribution in [0.4, 0.5) is 0 Å². The molecule has 0 amide bonds. The van der Waals surface area contributed by atoms with Gasteiger partial charge in [-0.05, 0) is 31.7 Å². The number of piperidine rings is 2. The molecule has 2 aromatic rings. The summed E-state index contributed by atoms with van der Waals surface area (Å²) < 4.78 is 1.80. The van der Waals surface area contributed by atoms with Gasteiger partial charge in [0.05, 0.1) is 5.52 Å². The van der Waals surface area contributed by atoms with Crippen molar-refractivity contribution in [2.24, 2.45) is 13.0 Å². The van der Waals surface area contributed by atoms with E-state index in [0.717, 1.165) is 29.3 Å². The van der Waals surface area contributed by atoms with Crippen molar-refractivity contribution in [3.05, 3.63) is 30.0 Å². The van der Waals surface area contributed by atoms with E-state index in [0.29, 0.717) is 17.9 Å². The number of benzene rings is 1. The van der Waals surface area contributed by atoms with E-state index in [1.165, 1.54) is 19.3 Å². The molecule has 0 spiro atoms. The lowest BCUT2D eigenvalue weighted by Gasteiger charge is -2.39. The molecule has 0 radical (unpaired) electrons. The van der Waals surface area contributed by atoms with Crippen molar-refractivity contribution < 1.29 is 4.79 Å². The first-order valence-electron chi connectivity index (χ1n) is 7.93. The zero-order chi connectivity index (χ0) is 14.4. The third-order valence-electron chi connectivity index (χ3n) is 4.99. The Bertz CT molecular complexity index is 678. The molecule has 1 aromatic carbocycles. The molecule has 2 fully saturated rings. The lowest BCUT2D eigenvalue weighted by Crippen LogP contribution is -2.50. The van der Waals surface area contributed by atoms with Gasteiger partial charge in [-0.1, -0.05) is 18.6 Å². The molecular formula is C17H21N3O. The summed E-state index contributed by atoms with van der Waals surface area (Å²) in [6.45, 7) is 0. The van der Waals surface area contributed by atoms with Gasteiger partial charge in [-0.2, -0.15) is 5.10 Å². The summed E-state index contributed by atoms with van der Waals surface area (Å²) in [6, 6.07) is 7.02. The standard InChI is InChI=1S/C17H21N3O/c1-20-10-12-6-5-11(9-16(12)19-20)17(21)13-7-14-3-2-4-15(8-13)18-14/h5-6,9-10,13-15,18H,2-4,7-8H2,1H3. The average molecular weight is 283 g/mol. The largest absolute Gasteiger partial charge is 0.311 e. The monoisotopic (exact) mass is 283 g/mol. The molecule has 0 saturated carbocycles. The number of carbonyl (C=O) groups excluding carboxylic acids is 1. The predicted molar refractivity (Wildman–Crippen MR) is 82.3 cm³/mol. The van der Waals surface area contributed by atoms with Gasteiger partial charge in [0.15, 0.2) is 5.78 Å². The molecule has 3 heterocycles. The Labute approximate surface area is 124 Å². The molecule has 21 heavy (non-hydrogen) atoms. The average Bonchev–Trinajstić information content (AvgIpc) is 2.85. The summed E-state index contributed by atoms with van der Waals surface area (Å²) in [5.74, 6) is 0.490. The molecule has 1 aromatic heterocycles. The number of aromatic nitrogens is 2. The summed E-state index contributed by atoms with van der Waals surface area (Å²) in [6.07, 6.45) is 7.73. The quantitative estimate of drug-likeness (QED) is 0.862. The smallest absolute Gasteiger partial charge is 0.166 e. The highest BCUT2D eigenvalue weighted by atomic mass is 16.1. The van der Waals surface area contributed by atoms with Crippen molar-refractivity contribution in [1.82, 2.24) is 15.1 Å². The van der Waals surface area contributed by atoms with Crippen LogP contribution in [-0.2, 0) is 7.05 Å². The van der Waals surface area contributed by atoms with Gasteiger partial charge in [0.25, 0.3) is 0 Å². The third kappa shape index (κ3) is 2.38. The van der Waals surface area contributed by atoms with Crippen LogP contribution in [0.1, 0.15) is 42.5 Å². The minimum absolute atomic E-state index is 0.183. The van der Waals surface area contributed by atoms with E-state index in [2.05, 4.69) is 10.4 Å². The molecule has 2 aliphatic heterocycles. The minimum atomic E-state index is 0.183. The van der Waals surface area contributed by atoms with Crippen molar-refractivity contribution in [2.75, 3.05) is 0 Å². The Balaban J connectivity index is 1.60. The molecule has 4 nitrogen and oxygen atoms in total. The fourth-order valence-corrected chi connectivity index (χ4v) is 4.01. The summed E-state index contributed by atoms with van der Waals surface area (Å²) >= 11 is 0. The van der Waals surface area contributed by atoms with Gasteiger partial charge in [-0.25, -0.2) is 0 Å². The summed E-state index contributed by atoms with van der Waals surface area (Å²) in [5.41, 5.74) is 1.74. The lowest BCUT2D eigenvalue weighted by atomic mass is 9.77. The van der Waals surface area contributed by atoms with Crippen molar-refractivity contribution in [3.63, 3.8) is 0 Å². The molecule has 2 bridgehead atoms. The molecule has 2 unspecified atom stereocenters. The van der Waals surface area contributed by atoms with Crippen LogP contribution in [0.3, 0.4) is 0 Å². The van der Waals surface area contributed by atoms with Crippen molar-refractivity contribution in [2.45, 2.75) is 44.2 Å². The second-order valence-corrected chi connectivity index (χ2v) is 6.60. The minimum Gasteiger partial charge on any atom is -0.311 e. The molecule has 4 heteroatoms. The number of hydrogen-bond donors (Lipinski definition) is 1. The van der Waals surface area contributed by atoms with E-state index in [-0.39, 0.29) is 5.92 Å². The number of nitrogens with one attached hydrogen (secondary N) is 1. The first-order chi connectivity index (χ1) is 10.2. The van der Waals surface area contributed by atoms with Crippen LogP contribution in [-0.4, -0.2) is 27.6 Å². The Hall–Kier alpha value is -1.68. The highest BCUT2D eigenvalue weighted by Gasteiger charge is 2.34. The third-order valence-corrected chi connectivity index (χ3v) is 4.99. The fourth-order valence-electron chi connectivity index (χ4n) is 4.01. The molecule has 110 valence electrons. The van der Waals surface area contributed by atoms with Crippen LogP contribution in [0.15, 0.2) is 24.4 Å². The number of carbonyl (C=O) groups is 1. The molecule has 4 rings (SSSR count). The number of rotatable bonds is 2. The number of hydrogen-bond acceptors (Lipinski definition) is 3. The van der Waals surface area contributed by atoms with Gasteiger partial charge in [0, 0.05) is 42.2 Å². The summed E-state index contributed by atoms with van der Waals surface area (Å²) in [5, 5.41) is 9.16. The first kappa shape index (κ1) is 13.0. The van der Waals surface area contributed by atoms with Crippen molar-refractivity contribution in [3.8, 4) is 0 Å². The maximum atomic E-state index is 12.8. The number of aryl methyl sites for hydroxylation is 1. The van der Waals surface area contributed by atoms with Crippen LogP contribution in [0, 0.1) is 5.92 Å². The summed E-state index contributed by atoms with van der Waals surface area (Å²) in [4.78, 5) is 12.8. The second kappa shape index (κ2) is 4.95. The SMILES string of the molecule is Cn1cc2ccc(C(=O)C3CC4CCCC(C3)N4)cc2n1. The van der Waals surface area contributed by atoms with E-state index < -0.39 is 0 Å². The van der Waals surface area contributed by atoms with Crippen LogP contribution < -0.4 is 5.32 Å². The van der Waals surface area contributed by atoms with E-state index in [1.807, 2.05) is 31.4 Å². The fraction of sp³-hybridized carbons (Fsp3) is 0.529. The zero-order valence-electron chi connectivity index (χ0n) is 12.4. The maximum absolute atomic E-state index is 12.8. The number of Topliss-reactive ketones (excluding diaryl/α,β-unsaturated/α-hetero) is 1. The van der Waals surface area contributed by atoms with Gasteiger partial charge >= 0.3 is 0 Å². The second-order valence-electron chi connectivity index (χ2n) is 6.60. The number of ketones is 1. The molecule has 2 aliphatic rings. The van der Waals surface area contributed by atoms with Gasteiger partial charge < -0.3 is 5.32 Å². The topological polar surface area (TPSA) is 46.9 Å². The van der Waals surface area contributed by atoms with Crippen molar-refractivity contribution in [1.29, 1.82) is 0 Å². The Morgan fingerprint density at radius 2 is 2.05 bits per heavy atom. The van der Waals surface area contributed by atoms with Gasteiger partial charge in [0.1, 0.15) is 0 Å². The molecule has 2 atom stereocenters. The van der Waals surface area contributed by atoms with E-state index in [1.54, 1.807) is 4.68 Å². The molecule has 1 N–H and O–H groups in total. The number of nitrogens with zero attached hydrogens (tertiary/aromatic N) is 2. The molecular weight excluding hydrogens is 262 g/mol.